The fourth-order valence-electron chi connectivity index (χ4n) is 2.63. The molecule has 1 aromatic heterocycles. The Bertz CT molecular complexity index is 886. The van der Waals surface area contributed by atoms with Gasteiger partial charge in [-0.05, 0) is 25.1 Å². The third-order valence-electron chi connectivity index (χ3n) is 3.76. The number of Topliss-reactive ketones (excluding diaryl/α,β-unsaturated/α-hetero) is 1. The van der Waals surface area contributed by atoms with Crippen molar-refractivity contribution in [1.82, 2.24) is 8.87 Å². The monoisotopic (exact) mass is 348 g/mol. The number of hydrogen-bond acceptors (Lipinski definition) is 5. The van der Waals surface area contributed by atoms with Crippen molar-refractivity contribution in [3.05, 3.63) is 53.9 Å². The Kier molecular flexibility index (Phi) is 4.15. The Balaban J connectivity index is 2.03. The van der Waals surface area contributed by atoms with E-state index in [9.17, 15) is 18.0 Å². The molecule has 8 heteroatoms. The van der Waals surface area contributed by atoms with E-state index in [4.69, 9.17) is 4.74 Å². The topological polar surface area (TPSA) is 85.7 Å². The van der Waals surface area contributed by atoms with E-state index in [-0.39, 0.29) is 36.1 Å². The summed E-state index contributed by atoms with van der Waals surface area (Å²) < 4.78 is 31.5. The predicted molar refractivity (Wildman–Crippen MR) is 85.2 cm³/mol. The van der Waals surface area contributed by atoms with Gasteiger partial charge in [0.25, 0.3) is 10.0 Å². The van der Waals surface area contributed by atoms with Crippen molar-refractivity contribution < 1.29 is 22.7 Å². The molecule has 0 spiro atoms. The lowest BCUT2D eigenvalue weighted by Gasteiger charge is -2.26. The van der Waals surface area contributed by atoms with Crippen LogP contribution >= 0.6 is 0 Å². The van der Waals surface area contributed by atoms with E-state index >= 15 is 0 Å². The fraction of sp³-hybridized carbons (Fsp3) is 0.250. The Morgan fingerprint density at radius 2 is 1.88 bits per heavy atom. The zero-order valence-corrected chi connectivity index (χ0v) is 13.8. The van der Waals surface area contributed by atoms with E-state index in [1.807, 2.05) is 0 Å². The second-order valence-electron chi connectivity index (χ2n) is 5.27. The van der Waals surface area contributed by atoms with Crippen molar-refractivity contribution in [3.8, 4) is 0 Å². The highest BCUT2D eigenvalue weighted by atomic mass is 32.2. The largest absolute Gasteiger partial charge is 0.450 e. The zero-order valence-electron chi connectivity index (χ0n) is 13.0. The average molecular weight is 348 g/mol. The number of hydrogen-bond donors (Lipinski definition) is 0. The maximum absolute atomic E-state index is 12.8. The quantitative estimate of drug-likeness (QED) is 0.845. The summed E-state index contributed by atoms with van der Waals surface area (Å²) in [4.78, 5) is 25.4. The van der Waals surface area contributed by atoms with Crippen LogP contribution in [0.4, 0.5) is 4.79 Å². The molecule has 0 fully saturated rings. The third-order valence-corrected chi connectivity index (χ3v) is 5.48. The first kappa shape index (κ1) is 16.3. The number of carbonyl (C=O) groups excluding carboxylic acids is 2. The van der Waals surface area contributed by atoms with Crippen molar-refractivity contribution in [3.63, 3.8) is 0 Å². The van der Waals surface area contributed by atoms with Crippen molar-refractivity contribution in [1.29, 1.82) is 0 Å². The first-order valence-electron chi connectivity index (χ1n) is 7.41. The first-order valence-corrected chi connectivity index (χ1v) is 8.85. The molecule has 1 aliphatic heterocycles. The van der Waals surface area contributed by atoms with Gasteiger partial charge in [-0.15, -0.1) is 0 Å². The van der Waals surface area contributed by atoms with Crippen LogP contribution < -0.4 is 0 Å². The minimum Gasteiger partial charge on any atom is -0.450 e. The Labute approximate surface area is 139 Å². The van der Waals surface area contributed by atoms with Crippen LogP contribution in [-0.4, -0.2) is 42.3 Å². The molecule has 1 aliphatic rings. The molecule has 2 aromatic rings. The minimum atomic E-state index is -3.84. The van der Waals surface area contributed by atoms with Gasteiger partial charge in [-0.1, -0.05) is 18.2 Å². The van der Waals surface area contributed by atoms with Gasteiger partial charge in [0, 0.05) is 11.8 Å². The molecule has 1 aromatic carbocycles. The summed E-state index contributed by atoms with van der Waals surface area (Å²) in [6.07, 6.45) is 0.709. The highest BCUT2D eigenvalue weighted by molar-refractivity contribution is 7.90. The van der Waals surface area contributed by atoms with Crippen molar-refractivity contribution >= 4 is 21.9 Å². The van der Waals surface area contributed by atoms with Gasteiger partial charge < -0.3 is 4.74 Å². The lowest BCUT2D eigenvalue weighted by atomic mass is 10.1. The smallest absolute Gasteiger partial charge is 0.410 e. The molecule has 0 unspecified atom stereocenters. The van der Waals surface area contributed by atoms with Gasteiger partial charge in [0.1, 0.15) is 0 Å². The highest BCUT2D eigenvalue weighted by Crippen LogP contribution is 2.25. The maximum Gasteiger partial charge on any atom is 0.410 e. The van der Waals surface area contributed by atoms with E-state index in [0.717, 1.165) is 3.97 Å². The van der Waals surface area contributed by atoms with Crippen LogP contribution in [0.5, 0.6) is 0 Å². The highest BCUT2D eigenvalue weighted by Gasteiger charge is 2.32. The summed E-state index contributed by atoms with van der Waals surface area (Å²) in [5.41, 5.74) is 0.582. The Morgan fingerprint density at radius 1 is 1.17 bits per heavy atom. The number of amides is 1. The number of benzene rings is 1. The van der Waals surface area contributed by atoms with Gasteiger partial charge in [-0.2, -0.15) is 0 Å². The second kappa shape index (κ2) is 6.12. The predicted octanol–water partition coefficient (Wildman–Crippen LogP) is 1.88. The van der Waals surface area contributed by atoms with E-state index in [0.29, 0.717) is 5.56 Å². The molecule has 0 atom stereocenters. The molecule has 0 radical (unpaired) electrons. The molecule has 126 valence electrons. The first-order chi connectivity index (χ1) is 11.4. The second-order valence-corrected chi connectivity index (χ2v) is 7.08. The molecular weight excluding hydrogens is 332 g/mol. The SMILES string of the molecule is CCOC(=O)N1CC(=O)c2ccn(S(=O)(=O)c3ccccc3)c2C1. The number of rotatable bonds is 3. The summed E-state index contributed by atoms with van der Waals surface area (Å²) in [5.74, 6) is -0.314. The maximum atomic E-state index is 12.8. The van der Waals surface area contributed by atoms with Crippen LogP contribution in [0.2, 0.25) is 0 Å². The molecule has 24 heavy (non-hydrogen) atoms. The number of carbonyl (C=O) groups is 2. The molecule has 0 bridgehead atoms. The number of ketones is 1. The average Bonchev–Trinajstić information content (AvgIpc) is 3.01. The van der Waals surface area contributed by atoms with E-state index in [1.54, 1.807) is 25.1 Å². The lowest BCUT2D eigenvalue weighted by molar-refractivity contribution is 0.0794. The molecule has 3 rings (SSSR count). The third kappa shape index (κ3) is 2.69. The van der Waals surface area contributed by atoms with Gasteiger partial charge in [0.15, 0.2) is 5.78 Å². The van der Waals surface area contributed by atoms with Gasteiger partial charge in [-0.3, -0.25) is 9.69 Å². The minimum absolute atomic E-state index is 0.00102. The van der Waals surface area contributed by atoms with Crippen LogP contribution in [0.3, 0.4) is 0 Å². The Hall–Kier alpha value is -2.61. The molecule has 0 saturated heterocycles. The van der Waals surface area contributed by atoms with E-state index < -0.39 is 16.1 Å². The molecular formula is C16H16N2O5S. The summed E-state index contributed by atoms with van der Waals surface area (Å²) in [6, 6.07) is 9.40. The summed E-state index contributed by atoms with van der Waals surface area (Å²) in [7, 11) is -3.84. The molecule has 0 N–H and O–H groups in total. The molecule has 7 nitrogen and oxygen atoms in total. The summed E-state index contributed by atoms with van der Waals surface area (Å²) in [6.45, 7) is 1.72. The molecule has 0 aliphatic carbocycles. The summed E-state index contributed by atoms with van der Waals surface area (Å²) >= 11 is 0. The van der Waals surface area contributed by atoms with Gasteiger partial charge >= 0.3 is 6.09 Å². The van der Waals surface area contributed by atoms with Crippen molar-refractivity contribution in [2.75, 3.05) is 13.2 Å². The lowest BCUT2D eigenvalue weighted by Crippen LogP contribution is -2.40. The van der Waals surface area contributed by atoms with Crippen LogP contribution in [-0.2, 0) is 21.3 Å². The van der Waals surface area contributed by atoms with E-state index in [1.165, 1.54) is 29.3 Å². The van der Waals surface area contributed by atoms with Gasteiger partial charge in [0.2, 0.25) is 0 Å². The molecule has 1 amide bonds. The summed E-state index contributed by atoms with van der Waals surface area (Å²) in [5, 5.41) is 0. The fourth-order valence-corrected chi connectivity index (χ4v) is 4.02. The van der Waals surface area contributed by atoms with Gasteiger partial charge in [0.05, 0.1) is 30.3 Å². The van der Waals surface area contributed by atoms with E-state index in [2.05, 4.69) is 0 Å². The van der Waals surface area contributed by atoms with Crippen molar-refractivity contribution in [2.45, 2.75) is 18.4 Å². The zero-order chi connectivity index (χ0) is 17.3. The molecule has 0 saturated carbocycles. The number of aromatic nitrogens is 1. The van der Waals surface area contributed by atoms with Crippen LogP contribution in [0.15, 0.2) is 47.5 Å². The molecule has 2 heterocycles. The van der Waals surface area contributed by atoms with Crippen molar-refractivity contribution in [2.24, 2.45) is 0 Å². The Morgan fingerprint density at radius 3 is 2.54 bits per heavy atom. The van der Waals surface area contributed by atoms with Crippen LogP contribution in [0.25, 0.3) is 0 Å². The standard InChI is InChI=1S/C16H16N2O5S/c1-2-23-16(20)17-10-14-13(15(19)11-17)8-9-18(14)24(21,22)12-6-4-3-5-7-12/h3-9H,2,10-11H2,1H3. The van der Waals surface area contributed by atoms with Gasteiger partial charge in [-0.25, -0.2) is 17.2 Å². The normalized spacial score (nSPS) is 14.4. The van der Waals surface area contributed by atoms with Crippen LogP contribution in [0, 0.1) is 0 Å². The van der Waals surface area contributed by atoms with Crippen LogP contribution in [0.1, 0.15) is 23.0 Å². The number of ether oxygens (including phenoxy) is 1. The number of fused-ring (bicyclic) bond motifs is 1. The number of nitrogens with zero attached hydrogens (tertiary/aromatic N) is 2.